The van der Waals surface area contributed by atoms with Crippen LogP contribution in [-0.2, 0) is 9.63 Å². The maximum Gasteiger partial charge on any atom is 0.331 e. The van der Waals surface area contributed by atoms with E-state index in [9.17, 15) is 14.8 Å². The van der Waals surface area contributed by atoms with Crippen molar-refractivity contribution in [3.05, 3.63) is 150 Å². The van der Waals surface area contributed by atoms with Crippen LogP contribution in [0.4, 0.5) is 17.1 Å². The molecule has 0 heterocycles. The van der Waals surface area contributed by atoms with E-state index in [1.165, 1.54) is 6.92 Å². The van der Waals surface area contributed by atoms with Crippen molar-refractivity contribution in [3.8, 4) is 0 Å². The highest BCUT2D eigenvalue weighted by atomic mass is 32.2. The van der Waals surface area contributed by atoms with Crippen LogP contribution >= 0.6 is 11.8 Å². The van der Waals surface area contributed by atoms with Crippen LogP contribution in [0.5, 0.6) is 0 Å². The Bertz CT molecular complexity index is 1830. The summed E-state index contributed by atoms with van der Waals surface area (Å²) < 4.78 is 0. The van der Waals surface area contributed by atoms with E-state index in [1.54, 1.807) is 25.6 Å². The number of hydrogen-bond acceptors (Lipinski definition) is 8. The molecule has 5 aromatic carbocycles. The first-order valence-electron chi connectivity index (χ1n) is 14.2. The highest BCUT2D eigenvalue weighted by Crippen LogP contribution is 2.35. The molecule has 224 valence electrons. The summed E-state index contributed by atoms with van der Waals surface area (Å²) in [5.41, 5.74) is 6.46. The van der Waals surface area contributed by atoms with Crippen molar-refractivity contribution in [2.45, 2.75) is 30.6 Å². The summed E-state index contributed by atoms with van der Waals surface area (Å²) in [6.07, 6.45) is 0. The first-order valence-corrected chi connectivity index (χ1v) is 15.0. The number of carbonyl (C=O) groups is 2. The Morgan fingerprint density at radius 2 is 1.00 bits per heavy atom. The molecule has 0 aromatic heterocycles. The molecule has 0 fully saturated rings. The van der Waals surface area contributed by atoms with Crippen LogP contribution in [0.3, 0.4) is 0 Å². The zero-order chi connectivity index (χ0) is 31.8. The molecule has 0 aliphatic carbocycles. The van der Waals surface area contributed by atoms with Crippen molar-refractivity contribution in [2.24, 2.45) is 10.3 Å². The minimum Gasteiger partial charge on any atom is -0.411 e. The second kappa shape index (κ2) is 14.3. The Kier molecular flexibility index (Phi) is 9.87. The van der Waals surface area contributed by atoms with Gasteiger partial charge in [0, 0.05) is 44.9 Å². The fraction of sp³-hybridized carbons (Fsp3) is 0.0811. The molecule has 0 aliphatic heterocycles. The quantitative estimate of drug-likeness (QED) is 0.0556. The predicted molar refractivity (Wildman–Crippen MR) is 180 cm³/mol. The number of nitrogens with zero attached hydrogens (tertiary/aromatic N) is 3. The van der Waals surface area contributed by atoms with E-state index >= 15 is 0 Å². The van der Waals surface area contributed by atoms with Crippen LogP contribution in [0.15, 0.2) is 147 Å². The zero-order valence-corrected chi connectivity index (χ0v) is 25.9. The monoisotopic (exact) mass is 613 g/mol. The lowest BCUT2D eigenvalue weighted by molar-refractivity contribution is -0.140. The first kappa shape index (κ1) is 31.0. The summed E-state index contributed by atoms with van der Waals surface area (Å²) >= 11 is 1.65. The topological polar surface area (TPSA) is 91.6 Å². The van der Waals surface area contributed by atoms with Crippen molar-refractivity contribution in [1.29, 1.82) is 0 Å². The third kappa shape index (κ3) is 7.74. The van der Waals surface area contributed by atoms with Crippen molar-refractivity contribution < 1.29 is 19.6 Å². The van der Waals surface area contributed by atoms with Gasteiger partial charge in [-0.2, -0.15) is 0 Å². The van der Waals surface area contributed by atoms with Crippen LogP contribution in [0, 0.1) is 0 Å². The molecule has 0 spiro atoms. The van der Waals surface area contributed by atoms with Crippen LogP contribution < -0.4 is 4.90 Å². The zero-order valence-electron chi connectivity index (χ0n) is 25.0. The molecule has 0 saturated heterocycles. The standard InChI is InChI=1S/C37H31N3O4S/c1-25(38-43)28-9-17-32(18-10-28)40(33-19-11-29(12-20-33)26(2)39-44-27(3)41)34-21-13-30(14-22-34)37(42)31-15-23-36(24-16-31)45-35-7-5-4-6-8-35/h4-24,43H,1-3H3/b38-25+,39-26+. The third-order valence-electron chi connectivity index (χ3n) is 7.03. The lowest BCUT2D eigenvalue weighted by atomic mass is 10.0. The smallest absolute Gasteiger partial charge is 0.331 e. The Balaban J connectivity index is 1.41. The highest BCUT2D eigenvalue weighted by Gasteiger charge is 2.16. The predicted octanol–water partition coefficient (Wildman–Crippen LogP) is 9.02. The van der Waals surface area contributed by atoms with Crippen LogP contribution in [0.1, 0.15) is 47.8 Å². The van der Waals surface area contributed by atoms with Gasteiger partial charge >= 0.3 is 5.97 Å². The summed E-state index contributed by atoms with van der Waals surface area (Å²) in [4.78, 5) is 33.6. The van der Waals surface area contributed by atoms with E-state index in [0.29, 0.717) is 22.6 Å². The van der Waals surface area contributed by atoms with Crippen LogP contribution in [-0.4, -0.2) is 28.4 Å². The highest BCUT2D eigenvalue weighted by molar-refractivity contribution is 7.99. The van der Waals surface area contributed by atoms with Crippen LogP contribution in [0.25, 0.3) is 0 Å². The molecule has 0 saturated carbocycles. The molecular weight excluding hydrogens is 582 g/mol. The third-order valence-corrected chi connectivity index (χ3v) is 8.05. The van der Waals surface area contributed by atoms with Crippen molar-refractivity contribution in [1.82, 2.24) is 0 Å². The molecule has 1 N–H and O–H groups in total. The molecule has 45 heavy (non-hydrogen) atoms. The lowest BCUT2D eigenvalue weighted by Gasteiger charge is -2.26. The van der Waals surface area contributed by atoms with Gasteiger partial charge in [0.15, 0.2) is 5.78 Å². The van der Waals surface area contributed by atoms with E-state index < -0.39 is 5.97 Å². The number of carbonyl (C=O) groups excluding carboxylic acids is 2. The summed E-state index contributed by atoms with van der Waals surface area (Å²) in [6.45, 7) is 4.80. The normalized spacial score (nSPS) is 11.6. The van der Waals surface area contributed by atoms with Crippen molar-refractivity contribution in [3.63, 3.8) is 0 Å². The number of benzene rings is 5. The molecular formula is C37H31N3O4S. The fourth-order valence-corrected chi connectivity index (χ4v) is 5.46. The van der Waals surface area contributed by atoms with E-state index in [2.05, 4.69) is 27.3 Å². The fourth-order valence-electron chi connectivity index (χ4n) is 4.62. The molecule has 0 atom stereocenters. The second-order valence-corrected chi connectivity index (χ2v) is 11.3. The molecule has 0 aliphatic rings. The number of anilines is 3. The minimum absolute atomic E-state index is 0.0561. The van der Waals surface area contributed by atoms with Crippen molar-refractivity contribution in [2.75, 3.05) is 4.90 Å². The van der Waals surface area contributed by atoms with E-state index in [-0.39, 0.29) is 5.78 Å². The summed E-state index contributed by atoms with van der Waals surface area (Å²) in [5.74, 6) is -0.539. The van der Waals surface area contributed by atoms with Gasteiger partial charge in [-0.3, -0.25) is 4.79 Å². The molecule has 0 radical (unpaired) electrons. The maximum absolute atomic E-state index is 13.4. The van der Waals surface area contributed by atoms with Gasteiger partial charge in [0.2, 0.25) is 0 Å². The molecule has 5 rings (SSSR count). The summed E-state index contributed by atoms with van der Waals surface area (Å²) in [7, 11) is 0. The Labute approximate surface area is 266 Å². The average Bonchev–Trinajstić information content (AvgIpc) is 3.08. The van der Waals surface area contributed by atoms with Gasteiger partial charge < -0.3 is 14.9 Å². The van der Waals surface area contributed by atoms with Gasteiger partial charge in [-0.15, -0.1) is 0 Å². The lowest BCUT2D eigenvalue weighted by Crippen LogP contribution is -2.11. The minimum atomic E-state index is -0.483. The molecule has 0 amide bonds. The van der Waals surface area contributed by atoms with Gasteiger partial charge in [-0.25, -0.2) is 4.79 Å². The number of hydrogen-bond donors (Lipinski definition) is 1. The Hall–Kier alpha value is -5.47. The van der Waals surface area contributed by atoms with Gasteiger partial charge in [0.05, 0.1) is 11.4 Å². The molecule has 5 aromatic rings. The van der Waals surface area contributed by atoms with Crippen LogP contribution in [0.2, 0.25) is 0 Å². The Morgan fingerprint density at radius 1 is 0.578 bits per heavy atom. The SMILES string of the molecule is CC(=O)O/N=C(\C)c1ccc(N(c2ccc(C(=O)c3ccc(Sc4ccccc4)cc3)cc2)c2ccc(/C(C)=N/O)cc2)cc1. The van der Waals surface area contributed by atoms with Gasteiger partial charge in [-0.05, 0) is 110 Å². The second-order valence-electron chi connectivity index (χ2n) is 10.2. The largest absolute Gasteiger partial charge is 0.411 e. The number of oxime groups is 2. The Morgan fingerprint density at radius 3 is 1.47 bits per heavy atom. The number of rotatable bonds is 10. The van der Waals surface area contributed by atoms with Gasteiger partial charge in [-0.1, -0.05) is 64.5 Å². The molecule has 7 nitrogen and oxygen atoms in total. The average molecular weight is 614 g/mol. The van der Waals surface area contributed by atoms with Crippen molar-refractivity contribution >= 4 is 52.0 Å². The molecule has 0 bridgehead atoms. The summed E-state index contributed by atoms with van der Waals surface area (Å²) in [5, 5.41) is 16.4. The maximum atomic E-state index is 13.4. The van der Waals surface area contributed by atoms with E-state index in [1.807, 2.05) is 115 Å². The van der Waals surface area contributed by atoms with E-state index in [0.717, 1.165) is 38.0 Å². The molecule has 0 unspecified atom stereocenters. The van der Waals surface area contributed by atoms with Gasteiger partial charge in [0.1, 0.15) is 0 Å². The molecule has 8 heteroatoms. The first-order chi connectivity index (χ1) is 21.8. The van der Waals surface area contributed by atoms with Gasteiger partial charge in [0.25, 0.3) is 0 Å². The number of ketones is 1. The van der Waals surface area contributed by atoms with E-state index in [4.69, 9.17) is 4.84 Å². The summed E-state index contributed by atoms with van der Waals surface area (Å²) in [6, 6.07) is 40.6.